The van der Waals surface area contributed by atoms with Crippen LogP contribution in [0.2, 0.25) is 0 Å². The number of benzene rings is 1. The molecule has 0 bridgehead atoms. The van der Waals surface area contributed by atoms with Gasteiger partial charge in [0.15, 0.2) is 0 Å². The molecule has 0 aliphatic rings. The van der Waals surface area contributed by atoms with Gasteiger partial charge in [-0.1, -0.05) is 27.7 Å². The molecule has 1 rings (SSSR count). The summed E-state index contributed by atoms with van der Waals surface area (Å²) in [6.07, 6.45) is 0.957. The Labute approximate surface area is 109 Å². The molecule has 1 unspecified atom stereocenters. The van der Waals surface area contributed by atoms with E-state index in [9.17, 15) is 4.91 Å². The molecule has 1 aromatic rings. The highest BCUT2D eigenvalue weighted by Crippen LogP contribution is 2.37. The Balaban J connectivity index is 3.24. The van der Waals surface area contributed by atoms with E-state index in [-0.39, 0.29) is 11.5 Å². The number of rotatable bonds is 4. The molecule has 4 nitrogen and oxygen atoms in total. The topological polar surface area (TPSA) is 67.5 Å². The minimum Gasteiger partial charge on any atom is -0.397 e. The van der Waals surface area contributed by atoms with E-state index in [0.29, 0.717) is 17.1 Å². The van der Waals surface area contributed by atoms with Crippen LogP contribution in [0.1, 0.15) is 46.6 Å². The van der Waals surface area contributed by atoms with E-state index in [1.54, 1.807) is 0 Å². The molecule has 0 aliphatic carbocycles. The van der Waals surface area contributed by atoms with Gasteiger partial charge in [0.05, 0.1) is 11.4 Å². The zero-order chi connectivity index (χ0) is 13.9. The average Bonchev–Trinajstić information content (AvgIpc) is 2.29. The zero-order valence-corrected chi connectivity index (χ0v) is 11.9. The van der Waals surface area contributed by atoms with Gasteiger partial charge >= 0.3 is 0 Å². The van der Waals surface area contributed by atoms with Crippen LogP contribution in [0.4, 0.5) is 17.1 Å². The summed E-state index contributed by atoms with van der Waals surface area (Å²) in [5.74, 6) is 0. The van der Waals surface area contributed by atoms with Crippen molar-refractivity contribution in [3.8, 4) is 0 Å². The van der Waals surface area contributed by atoms with E-state index in [1.807, 2.05) is 19.1 Å². The van der Waals surface area contributed by atoms with Crippen LogP contribution in [-0.4, -0.2) is 6.04 Å². The molecule has 4 heteroatoms. The summed E-state index contributed by atoms with van der Waals surface area (Å²) in [5, 5.41) is 6.34. The molecule has 0 saturated heterocycles. The molecule has 0 aromatic heterocycles. The minimum absolute atomic E-state index is 0.0531. The van der Waals surface area contributed by atoms with E-state index < -0.39 is 0 Å². The summed E-state index contributed by atoms with van der Waals surface area (Å²) in [6.45, 7) is 10.4. The van der Waals surface area contributed by atoms with E-state index in [1.165, 1.54) is 0 Å². The van der Waals surface area contributed by atoms with Gasteiger partial charge in [0, 0.05) is 6.04 Å². The van der Waals surface area contributed by atoms with Gasteiger partial charge in [-0.05, 0) is 41.6 Å². The van der Waals surface area contributed by atoms with Crippen LogP contribution >= 0.6 is 0 Å². The summed E-state index contributed by atoms with van der Waals surface area (Å²) < 4.78 is 0. The highest BCUT2D eigenvalue weighted by molar-refractivity contribution is 5.80. The van der Waals surface area contributed by atoms with Crippen LogP contribution in [0.5, 0.6) is 0 Å². The van der Waals surface area contributed by atoms with Crippen molar-refractivity contribution < 1.29 is 0 Å². The van der Waals surface area contributed by atoms with Crippen molar-refractivity contribution in [1.29, 1.82) is 0 Å². The predicted molar refractivity (Wildman–Crippen MR) is 78.4 cm³/mol. The molecule has 0 spiro atoms. The van der Waals surface area contributed by atoms with Gasteiger partial charge in [-0.25, -0.2) is 0 Å². The minimum atomic E-state index is -0.0531. The number of nitrogen functional groups attached to an aromatic ring is 1. The number of hydrogen-bond acceptors (Lipinski definition) is 4. The lowest BCUT2D eigenvalue weighted by Crippen LogP contribution is -2.16. The monoisotopic (exact) mass is 249 g/mol. The number of nitrogens with zero attached hydrogens (tertiary/aromatic N) is 1. The predicted octanol–water partition coefficient (Wildman–Crippen LogP) is 4.17. The third-order valence-corrected chi connectivity index (χ3v) is 3.12. The van der Waals surface area contributed by atoms with E-state index in [4.69, 9.17) is 5.73 Å². The SMILES string of the molecule is CCC(C)Nc1c(N)cc(C(C)(C)C)cc1N=O. The first-order chi connectivity index (χ1) is 8.29. The summed E-state index contributed by atoms with van der Waals surface area (Å²) in [7, 11) is 0. The first-order valence-corrected chi connectivity index (χ1v) is 6.33. The molecule has 1 atom stereocenters. The van der Waals surface area contributed by atoms with Gasteiger partial charge in [0.25, 0.3) is 0 Å². The lowest BCUT2D eigenvalue weighted by atomic mass is 9.86. The van der Waals surface area contributed by atoms with Crippen LogP contribution in [0, 0.1) is 4.91 Å². The number of hydrogen-bond donors (Lipinski definition) is 2. The maximum absolute atomic E-state index is 11.0. The van der Waals surface area contributed by atoms with Crippen molar-refractivity contribution in [2.75, 3.05) is 11.1 Å². The van der Waals surface area contributed by atoms with Crippen molar-refractivity contribution >= 4 is 17.1 Å². The van der Waals surface area contributed by atoms with E-state index in [0.717, 1.165) is 12.0 Å². The fraction of sp³-hybridized carbons (Fsp3) is 0.571. The van der Waals surface area contributed by atoms with Gasteiger partial charge in [0.2, 0.25) is 0 Å². The molecule has 0 fully saturated rings. The maximum Gasteiger partial charge on any atom is 0.133 e. The average molecular weight is 249 g/mol. The molecule has 0 saturated carbocycles. The molecule has 100 valence electrons. The Morgan fingerprint density at radius 3 is 2.44 bits per heavy atom. The molecule has 3 N–H and O–H groups in total. The third kappa shape index (κ3) is 3.22. The van der Waals surface area contributed by atoms with E-state index in [2.05, 4.69) is 38.2 Å². The maximum atomic E-state index is 11.0. The van der Waals surface area contributed by atoms with Crippen molar-refractivity contribution in [2.24, 2.45) is 5.18 Å². The second kappa shape index (κ2) is 5.38. The molecule has 0 heterocycles. The molecular weight excluding hydrogens is 226 g/mol. The van der Waals surface area contributed by atoms with Crippen molar-refractivity contribution in [2.45, 2.75) is 52.5 Å². The second-order valence-electron chi connectivity index (χ2n) is 5.75. The lowest BCUT2D eigenvalue weighted by Gasteiger charge is -2.22. The summed E-state index contributed by atoms with van der Waals surface area (Å²) in [5.41, 5.74) is 8.62. The largest absolute Gasteiger partial charge is 0.397 e. The Bertz CT molecular complexity index is 435. The summed E-state index contributed by atoms with van der Waals surface area (Å²) in [6, 6.07) is 3.99. The number of nitrogens with one attached hydrogen (secondary N) is 1. The Morgan fingerprint density at radius 1 is 1.39 bits per heavy atom. The van der Waals surface area contributed by atoms with Crippen molar-refractivity contribution in [3.63, 3.8) is 0 Å². The molecule has 0 radical (unpaired) electrons. The van der Waals surface area contributed by atoms with Crippen molar-refractivity contribution in [3.05, 3.63) is 22.6 Å². The van der Waals surface area contributed by atoms with Crippen LogP contribution in [0.15, 0.2) is 17.3 Å². The lowest BCUT2D eigenvalue weighted by molar-refractivity contribution is 0.590. The molecular formula is C14H23N3O. The second-order valence-corrected chi connectivity index (χ2v) is 5.75. The molecule has 18 heavy (non-hydrogen) atoms. The van der Waals surface area contributed by atoms with Gasteiger partial charge in [-0.3, -0.25) is 0 Å². The van der Waals surface area contributed by atoms with Crippen LogP contribution < -0.4 is 11.1 Å². The van der Waals surface area contributed by atoms with Gasteiger partial charge < -0.3 is 11.1 Å². The normalized spacial score (nSPS) is 13.2. The smallest absolute Gasteiger partial charge is 0.133 e. The van der Waals surface area contributed by atoms with E-state index >= 15 is 0 Å². The van der Waals surface area contributed by atoms with Crippen LogP contribution in [-0.2, 0) is 5.41 Å². The molecule has 0 amide bonds. The zero-order valence-electron chi connectivity index (χ0n) is 11.9. The highest BCUT2D eigenvalue weighted by atomic mass is 16.3. The first kappa shape index (κ1) is 14.5. The molecule has 0 aliphatic heterocycles. The number of nitrogens with two attached hydrogens (primary N) is 1. The van der Waals surface area contributed by atoms with Crippen LogP contribution in [0.25, 0.3) is 0 Å². The quantitative estimate of drug-likeness (QED) is 0.621. The number of nitroso groups, excluding NO2 is 1. The Kier molecular flexibility index (Phi) is 4.33. The Hall–Kier alpha value is -1.58. The highest BCUT2D eigenvalue weighted by Gasteiger charge is 2.19. The third-order valence-electron chi connectivity index (χ3n) is 3.12. The molecule has 1 aromatic carbocycles. The summed E-state index contributed by atoms with van der Waals surface area (Å²) >= 11 is 0. The summed E-state index contributed by atoms with van der Waals surface area (Å²) in [4.78, 5) is 11.0. The van der Waals surface area contributed by atoms with Crippen LogP contribution in [0.3, 0.4) is 0 Å². The fourth-order valence-electron chi connectivity index (χ4n) is 1.66. The Morgan fingerprint density at radius 2 is 2.00 bits per heavy atom. The first-order valence-electron chi connectivity index (χ1n) is 6.33. The number of anilines is 2. The van der Waals surface area contributed by atoms with Crippen molar-refractivity contribution in [1.82, 2.24) is 0 Å². The van der Waals surface area contributed by atoms with Gasteiger partial charge in [-0.15, -0.1) is 4.91 Å². The fourth-order valence-corrected chi connectivity index (χ4v) is 1.66. The standard InChI is InChI=1S/C14H23N3O/c1-6-9(2)16-13-11(15)7-10(14(3,4)5)8-12(13)17-18/h7-9,16H,6,15H2,1-5H3. The van der Waals surface area contributed by atoms with Gasteiger partial charge in [-0.2, -0.15) is 0 Å². The van der Waals surface area contributed by atoms with Gasteiger partial charge in [0.1, 0.15) is 5.69 Å².